The maximum atomic E-state index is 5.33. The van der Waals surface area contributed by atoms with E-state index in [-0.39, 0.29) is 0 Å². The number of hydrogen-bond donors (Lipinski definition) is 0. The number of nitrogens with zero attached hydrogens (tertiary/aromatic N) is 3. The summed E-state index contributed by atoms with van der Waals surface area (Å²) in [5, 5.41) is 4.83. The lowest BCUT2D eigenvalue weighted by molar-refractivity contribution is 1.10. The maximum absolute atomic E-state index is 5.33. The molecule has 0 aliphatic heterocycles. The normalized spacial score (nSPS) is 11.3. The zero-order valence-electron chi connectivity index (χ0n) is 29.5. The van der Waals surface area contributed by atoms with Gasteiger partial charge in [-0.25, -0.2) is 4.98 Å². The molecule has 10 aromatic rings. The van der Waals surface area contributed by atoms with Gasteiger partial charge in [0.15, 0.2) is 0 Å². The van der Waals surface area contributed by atoms with Gasteiger partial charge in [-0.1, -0.05) is 146 Å². The van der Waals surface area contributed by atoms with Gasteiger partial charge in [0.05, 0.1) is 11.0 Å². The molecule has 0 fully saturated rings. The van der Waals surface area contributed by atoms with Crippen LogP contribution in [0.1, 0.15) is 0 Å². The summed E-state index contributed by atoms with van der Waals surface area (Å²) in [5.41, 5.74) is 12.2. The van der Waals surface area contributed by atoms with Crippen molar-refractivity contribution in [3.63, 3.8) is 0 Å². The minimum Gasteiger partial charge on any atom is -0.310 e. The highest BCUT2D eigenvalue weighted by Gasteiger charge is 2.19. The molecule has 0 saturated heterocycles. The van der Waals surface area contributed by atoms with Crippen LogP contribution in [0, 0.1) is 0 Å². The average Bonchev–Trinajstić information content (AvgIpc) is 3.65. The van der Waals surface area contributed by atoms with Gasteiger partial charge < -0.3 is 4.90 Å². The molecule has 0 amide bonds. The van der Waals surface area contributed by atoms with E-state index >= 15 is 0 Å². The third-order valence-corrected chi connectivity index (χ3v) is 10.4. The van der Waals surface area contributed by atoms with Crippen LogP contribution < -0.4 is 4.90 Å². The van der Waals surface area contributed by atoms with E-state index in [1.807, 2.05) is 0 Å². The van der Waals surface area contributed by atoms with Crippen molar-refractivity contribution in [2.75, 3.05) is 4.90 Å². The van der Waals surface area contributed by atoms with Crippen molar-refractivity contribution in [3.8, 4) is 39.3 Å². The number of aromatic nitrogens is 2. The molecule has 1 heterocycles. The number of fused-ring (bicyclic) bond motifs is 4. The highest BCUT2D eigenvalue weighted by Crippen LogP contribution is 2.40. The first-order valence-corrected chi connectivity index (χ1v) is 18.4. The summed E-state index contributed by atoms with van der Waals surface area (Å²) in [6, 6.07) is 75.7. The van der Waals surface area contributed by atoms with E-state index in [0.29, 0.717) is 0 Å². The first-order valence-electron chi connectivity index (χ1n) is 18.4. The van der Waals surface area contributed by atoms with Crippen molar-refractivity contribution in [2.24, 2.45) is 0 Å². The number of para-hydroxylation sites is 1. The topological polar surface area (TPSA) is 21.1 Å². The standard InChI is InChI=1S/C51H35N3/c1-3-13-36(14-4-1)41-18-11-21-45(35-41)53(43-30-25-39(26-31-43)47-24-12-17-37-15-7-9-22-46(37)47)44-32-27-40(28-33-44)51-52-50-48-23-10-8-16-38(48)29-34-49(50)54(51)42-19-5-2-6-20-42/h1-35H. The third kappa shape index (κ3) is 5.60. The van der Waals surface area contributed by atoms with Crippen molar-refractivity contribution < 1.29 is 0 Å². The minimum atomic E-state index is 0.913. The Morgan fingerprint density at radius 1 is 0.370 bits per heavy atom. The first kappa shape index (κ1) is 31.5. The molecule has 10 rings (SSSR count). The van der Waals surface area contributed by atoms with Crippen molar-refractivity contribution in [2.45, 2.75) is 0 Å². The Morgan fingerprint density at radius 2 is 0.944 bits per heavy atom. The molecule has 0 unspecified atom stereocenters. The molecule has 0 bridgehead atoms. The van der Waals surface area contributed by atoms with Crippen molar-refractivity contribution in [1.82, 2.24) is 9.55 Å². The summed E-state index contributed by atoms with van der Waals surface area (Å²) < 4.78 is 2.28. The number of hydrogen-bond acceptors (Lipinski definition) is 2. The molecule has 0 aliphatic carbocycles. The minimum absolute atomic E-state index is 0.913. The second-order valence-electron chi connectivity index (χ2n) is 13.6. The van der Waals surface area contributed by atoms with Crippen molar-refractivity contribution in [1.29, 1.82) is 0 Å². The van der Waals surface area contributed by atoms with Crippen LogP contribution in [0.5, 0.6) is 0 Å². The number of anilines is 3. The SMILES string of the molecule is c1ccc(-c2cccc(N(c3ccc(-c4cccc5ccccc45)cc3)c3ccc(-c4nc5c6ccccc6ccc5n4-c4ccccc4)cc3)c2)cc1. The van der Waals surface area contributed by atoms with Crippen LogP contribution in [-0.4, -0.2) is 9.55 Å². The molecule has 3 nitrogen and oxygen atoms in total. The lowest BCUT2D eigenvalue weighted by atomic mass is 9.98. The molecule has 0 radical (unpaired) electrons. The average molecular weight is 690 g/mol. The van der Waals surface area contributed by atoms with E-state index in [4.69, 9.17) is 4.98 Å². The van der Waals surface area contributed by atoms with Gasteiger partial charge in [0, 0.05) is 33.7 Å². The predicted octanol–water partition coefficient (Wildman–Crippen LogP) is 13.8. The van der Waals surface area contributed by atoms with Gasteiger partial charge in [0.2, 0.25) is 0 Å². The van der Waals surface area contributed by atoms with Crippen LogP contribution >= 0.6 is 0 Å². The molecule has 0 spiro atoms. The van der Waals surface area contributed by atoms with Gasteiger partial charge in [-0.3, -0.25) is 4.57 Å². The third-order valence-electron chi connectivity index (χ3n) is 10.4. The first-order chi connectivity index (χ1) is 26.8. The Labute approximate surface area is 314 Å². The summed E-state index contributed by atoms with van der Waals surface area (Å²) in [7, 11) is 0. The number of imidazole rings is 1. The van der Waals surface area contributed by atoms with Crippen molar-refractivity contribution >= 4 is 49.6 Å². The van der Waals surface area contributed by atoms with Gasteiger partial charge in [-0.15, -0.1) is 0 Å². The Morgan fingerprint density at radius 3 is 1.69 bits per heavy atom. The van der Waals surface area contributed by atoms with E-state index in [9.17, 15) is 0 Å². The Kier molecular flexibility index (Phi) is 7.81. The van der Waals surface area contributed by atoms with Gasteiger partial charge in [-0.05, 0) is 105 Å². The summed E-state index contributed by atoms with van der Waals surface area (Å²) in [6.07, 6.45) is 0. The van der Waals surface area contributed by atoms with E-state index in [0.717, 1.165) is 50.6 Å². The van der Waals surface area contributed by atoms with Crippen molar-refractivity contribution in [3.05, 3.63) is 212 Å². The van der Waals surface area contributed by atoms with Crippen LogP contribution in [0.25, 0.3) is 71.9 Å². The summed E-state index contributed by atoms with van der Waals surface area (Å²) in [4.78, 5) is 7.68. The molecule has 0 N–H and O–H groups in total. The summed E-state index contributed by atoms with van der Waals surface area (Å²) in [5.74, 6) is 0.913. The van der Waals surface area contributed by atoms with Crippen LogP contribution in [0.3, 0.4) is 0 Å². The number of rotatable bonds is 7. The fourth-order valence-corrected chi connectivity index (χ4v) is 7.77. The molecule has 0 aliphatic rings. The molecule has 9 aromatic carbocycles. The second kappa shape index (κ2) is 13.4. The zero-order chi connectivity index (χ0) is 35.8. The van der Waals surface area contributed by atoms with Gasteiger partial charge in [0.25, 0.3) is 0 Å². The molecule has 0 atom stereocenters. The smallest absolute Gasteiger partial charge is 0.145 e. The van der Waals surface area contributed by atoms with E-state index in [1.165, 1.54) is 38.4 Å². The zero-order valence-corrected chi connectivity index (χ0v) is 29.5. The van der Waals surface area contributed by atoms with E-state index in [2.05, 4.69) is 222 Å². The fraction of sp³-hybridized carbons (Fsp3) is 0. The fourth-order valence-electron chi connectivity index (χ4n) is 7.77. The van der Waals surface area contributed by atoms with Crippen LogP contribution in [0.2, 0.25) is 0 Å². The quantitative estimate of drug-likeness (QED) is 0.166. The van der Waals surface area contributed by atoms with Crippen LogP contribution in [-0.2, 0) is 0 Å². The molecule has 1 aromatic heterocycles. The van der Waals surface area contributed by atoms with Gasteiger partial charge in [0.1, 0.15) is 5.82 Å². The van der Waals surface area contributed by atoms with E-state index in [1.54, 1.807) is 0 Å². The highest BCUT2D eigenvalue weighted by molar-refractivity contribution is 6.06. The Balaban J connectivity index is 1.10. The molecule has 254 valence electrons. The lowest BCUT2D eigenvalue weighted by Crippen LogP contribution is -2.10. The monoisotopic (exact) mass is 689 g/mol. The van der Waals surface area contributed by atoms with Gasteiger partial charge >= 0.3 is 0 Å². The Hall–Kier alpha value is -7.23. The molecule has 0 saturated carbocycles. The maximum Gasteiger partial charge on any atom is 0.145 e. The molecule has 54 heavy (non-hydrogen) atoms. The van der Waals surface area contributed by atoms with Gasteiger partial charge in [-0.2, -0.15) is 0 Å². The molecule has 3 heteroatoms. The molecular weight excluding hydrogens is 655 g/mol. The van der Waals surface area contributed by atoms with Crippen LogP contribution in [0.15, 0.2) is 212 Å². The number of benzene rings is 9. The summed E-state index contributed by atoms with van der Waals surface area (Å²) >= 11 is 0. The Bertz CT molecular complexity index is 2900. The predicted molar refractivity (Wildman–Crippen MR) is 227 cm³/mol. The van der Waals surface area contributed by atoms with Crippen LogP contribution in [0.4, 0.5) is 17.1 Å². The molecular formula is C51H35N3. The van der Waals surface area contributed by atoms with E-state index < -0.39 is 0 Å². The highest BCUT2D eigenvalue weighted by atomic mass is 15.1. The summed E-state index contributed by atoms with van der Waals surface area (Å²) in [6.45, 7) is 0. The second-order valence-corrected chi connectivity index (χ2v) is 13.6. The largest absolute Gasteiger partial charge is 0.310 e. The lowest BCUT2D eigenvalue weighted by Gasteiger charge is -2.26.